The largest absolute Gasteiger partial charge is 0.468 e. The van der Waals surface area contributed by atoms with Crippen molar-refractivity contribution in [3.05, 3.63) is 29.3 Å². The second-order valence-corrected chi connectivity index (χ2v) is 6.77. The van der Waals surface area contributed by atoms with Gasteiger partial charge < -0.3 is 30.4 Å². The van der Waals surface area contributed by atoms with E-state index in [0.717, 1.165) is 11.1 Å². The van der Waals surface area contributed by atoms with Crippen molar-refractivity contribution in [2.24, 2.45) is 5.73 Å². The predicted molar refractivity (Wildman–Crippen MR) is 95.4 cm³/mol. The molecule has 0 aromatic heterocycles. The molecule has 1 atom stereocenters. The molecule has 0 heterocycles. The van der Waals surface area contributed by atoms with Gasteiger partial charge in [-0.1, -0.05) is 6.07 Å². The van der Waals surface area contributed by atoms with E-state index < -0.39 is 17.8 Å². The average Bonchev–Trinajstić information content (AvgIpc) is 2.55. The molecule has 142 valence electrons. The second kappa shape index (κ2) is 10.2. The van der Waals surface area contributed by atoms with Crippen molar-refractivity contribution >= 4 is 6.09 Å². The van der Waals surface area contributed by atoms with Crippen molar-refractivity contribution < 1.29 is 24.1 Å². The molecule has 25 heavy (non-hydrogen) atoms. The third-order valence-electron chi connectivity index (χ3n) is 3.36. The van der Waals surface area contributed by atoms with E-state index in [-0.39, 0.29) is 13.3 Å². The van der Waals surface area contributed by atoms with Gasteiger partial charge in [-0.3, -0.25) is 0 Å². The zero-order valence-corrected chi connectivity index (χ0v) is 15.5. The number of nitrogens with one attached hydrogen (secondary N) is 1. The molecule has 0 bridgehead atoms. The van der Waals surface area contributed by atoms with E-state index in [4.69, 9.17) is 19.9 Å². The van der Waals surface area contributed by atoms with E-state index in [9.17, 15) is 9.90 Å². The van der Waals surface area contributed by atoms with Crippen LogP contribution in [0.3, 0.4) is 0 Å². The predicted octanol–water partition coefficient (Wildman–Crippen LogP) is 1.95. The Kier molecular flexibility index (Phi) is 8.68. The first kappa shape index (κ1) is 21.2. The van der Waals surface area contributed by atoms with Gasteiger partial charge in [0.15, 0.2) is 6.79 Å². The zero-order valence-electron chi connectivity index (χ0n) is 15.5. The van der Waals surface area contributed by atoms with Crippen LogP contribution in [-0.4, -0.2) is 43.4 Å². The second-order valence-electron chi connectivity index (χ2n) is 6.77. The highest BCUT2D eigenvalue weighted by Crippen LogP contribution is 2.20. The quantitative estimate of drug-likeness (QED) is 0.586. The van der Waals surface area contributed by atoms with Crippen LogP contribution in [0.25, 0.3) is 0 Å². The van der Waals surface area contributed by atoms with Crippen LogP contribution in [0.2, 0.25) is 0 Å². The molecule has 0 radical (unpaired) electrons. The minimum absolute atomic E-state index is 0.143. The van der Waals surface area contributed by atoms with Crippen molar-refractivity contribution in [1.29, 1.82) is 0 Å². The van der Waals surface area contributed by atoms with E-state index >= 15 is 0 Å². The summed E-state index contributed by atoms with van der Waals surface area (Å²) in [6.45, 7) is 6.10. The number of amides is 1. The molecule has 1 amide bonds. The molecule has 0 saturated carbocycles. The number of aryl methyl sites for hydroxylation is 1. The van der Waals surface area contributed by atoms with Crippen molar-refractivity contribution in [3.63, 3.8) is 0 Å². The lowest BCUT2D eigenvalue weighted by molar-refractivity contribution is 0.0503. The van der Waals surface area contributed by atoms with E-state index in [1.807, 2.05) is 39.0 Å². The van der Waals surface area contributed by atoms with Gasteiger partial charge in [0, 0.05) is 20.2 Å². The number of aliphatic hydroxyl groups is 1. The number of carbonyl (C=O) groups is 1. The first-order valence-corrected chi connectivity index (χ1v) is 8.33. The molecule has 1 rings (SSSR count). The van der Waals surface area contributed by atoms with Crippen LogP contribution in [0.15, 0.2) is 18.2 Å². The van der Waals surface area contributed by atoms with Crippen molar-refractivity contribution in [3.8, 4) is 5.75 Å². The van der Waals surface area contributed by atoms with Crippen LogP contribution in [0.1, 0.15) is 38.3 Å². The maximum absolute atomic E-state index is 11.9. The van der Waals surface area contributed by atoms with Crippen LogP contribution in [0, 0.1) is 0 Å². The molecule has 0 fully saturated rings. The van der Waals surface area contributed by atoms with Gasteiger partial charge in [0.25, 0.3) is 0 Å². The number of alkyl carbamates (subject to hydrolysis) is 1. The highest BCUT2D eigenvalue weighted by Gasteiger charge is 2.16. The molecule has 0 saturated heterocycles. The highest BCUT2D eigenvalue weighted by atomic mass is 16.7. The van der Waals surface area contributed by atoms with Crippen LogP contribution in [0.5, 0.6) is 5.75 Å². The normalized spacial score (nSPS) is 12.6. The zero-order chi connectivity index (χ0) is 18.9. The fourth-order valence-electron chi connectivity index (χ4n) is 2.15. The van der Waals surface area contributed by atoms with Crippen molar-refractivity contribution in [2.45, 2.75) is 51.9 Å². The Hall–Kier alpha value is -1.83. The first-order valence-electron chi connectivity index (χ1n) is 8.33. The van der Waals surface area contributed by atoms with E-state index in [2.05, 4.69) is 5.32 Å². The monoisotopic (exact) mass is 354 g/mol. The summed E-state index contributed by atoms with van der Waals surface area (Å²) in [6, 6.07) is 5.60. The third kappa shape index (κ3) is 8.72. The molecule has 0 spiro atoms. The average molecular weight is 354 g/mol. The number of rotatable bonds is 9. The fraction of sp³-hybridized carbons (Fsp3) is 0.611. The lowest BCUT2D eigenvalue weighted by Gasteiger charge is -2.20. The molecule has 0 aliphatic heterocycles. The summed E-state index contributed by atoms with van der Waals surface area (Å²) in [6.07, 6.45) is 0.169. The number of nitrogens with two attached hydrogens (primary N) is 1. The molecular weight excluding hydrogens is 324 g/mol. The summed E-state index contributed by atoms with van der Waals surface area (Å²) in [7, 11) is 1.55. The maximum Gasteiger partial charge on any atom is 0.407 e. The lowest BCUT2D eigenvalue weighted by Crippen LogP contribution is -2.32. The van der Waals surface area contributed by atoms with Crippen LogP contribution in [-0.2, 0) is 22.4 Å². The summed E-state index contributed by atoms with van der Waals surface area (Å²) in [5, 5.41) is 12.4. The van der Waals surface area contributed by atoms with E-state index in [1.165, 1.54) is 0 Å². The van der Waals surface area contributed by atoms with Crippen LogP contribution < -0.4 is 15.8 Å². The van der Waals surface area contributed by atoms with Crippen molar-refractivity contribution in [1.82, 2.24) is 5.32 Å². The number of methoxy groups -OCH3 is 1. The number of carbonyl (C=O) groups excluding carboxylic acids is 1. The Morgan fingerprint density at radius 2 is 2.04 bits per heavy atom. The van der Waals surface area contributed by atoms with Crippen molar-refractivity contribution in [2.75, 3.05) is 20.4 Å². The Labute approximate surface area is 149 Å². The number of ether oxygens (including phenoxy) is 3. The molecular formula is C18H30N2O5. The maximum atomic E-state index is 11.9. The molecule has 0 unspecified atom stereocenters. The summed E-state index contributed by atoms with van der Waals surface area (Å²) in [5.74, 6) is 0.644. The summed E-state index contributed by atoms with van der Waals surface area (Å²) in [4.78, 5) is 11.9. The number of hydrogen-bond donors (Lipinski definition) is 3. The highest BCUT2D eigenvalue weighted by molar-refractivity contribution is 5.67. The van der Waals surface area contributed by atoms with E-state index in [1.54, 1.807) is 7.11 Å². The molecule has 7 heteroatoms. The van der Waals surface area contributed by atoms with Gasteiger partial charge in [-0.25, -0.2) is 4.79 Å². The number of aliphatic hydroxyl groups excluding tert-OH is 1. The topological polar surface area (TPSA) is 103 Å². The standard InChI is InChI=1S/C18H30N2O5/c1-18(2,3)25-17(22)20-11-14-9-16(24-12-23-4)8-6-13(14)5-7-15(21)10-19/h6,8-9,15,21H,5,7,10-12,19H2,1-4H3,(H,20,22)/t15-/m0/s1. The number of hydrogen-bond acceptors (Lipinski definition) is 6. The van der Waals surface area contributed by atoms with Crippen LogP contribution in [0.4, 0.5) is 4.79 Å². The molecule has 0 aliphatic rings. The summed E-state index contributed by atoms with van der Waals surface area (Å²) < 4.78 is 15.6. The molecule has 0 aliphatic carbocycles. The first-order chi connectivity index (χ1) is 11.7. The Bertz CT molecular complexity index is 543. The smallest absolute Gasteiger partial charge is 0.407 e. The number of benzene rings is 1. The Morgan fingerprint density at radius 3 is 2.64 bits per heavy atom. The molecule has 4 N–H and O–H groups in total. The van der Waals surface area contributed by atoms with Gasteiger partial charge >= 0.3 is 6.09 Å². The van der Waals surface area contributed by atoms with Gasteiger partial charge in [-0.15, -0.1) is 0 Å². The molecule has 1 aromatic carbocycles. The van der Waals surface area contributed by atoms with Gasteiger partial charge in [0.05, 0.1) is 6.10 Å². The van der Waals surface area contributed by atoms with Gasteiger partial charge in [-0.2, -0.15) is 0 Å². The lowest BCUT2D eigenvalue weighted by atomic mass is 10.0. The summed E-state index contributed by atoms with van der Waals surface area (Å²) in [5.41, 5.74) is 6.80. The minimum Gasteiger partial charge on any atom is -0.468 e. The fourth-order valence-corrected chi connectivity index (χ4v) is 2.15. The molecule has 1 aromatic rings. The SMILES string of the molecule is COCOc1ccc(CC[C@H](O)CN)c(CNC(=O)OC(C)(C)C)c1. The summed E-state index contributed by atoms with van der Waals surface area (Å²) >= 11 is 0. The van der Waals surface area contributed by atoms with E-state index in [0.29, 0.717) is 25.1 Å². The van der Waals surface area contributed by atoms with Gasteiger partial charge in [0.1, 0.15) is 11.4 Å². The molecule has 7 nitrogen and oxygen atoms in total. The Balaban J connectivity index is 2.80. The van der Waals surface area contributed by atoms with Gasteiger partial charge in [0.2, 0.25) is 0 Å². The minimum atomic E-state index is -0.554. The van der Waals surface area contributed by atoms with Gasteiger partial charge in [-0.05, 0) is 56.9 Å². The third-order valence-corrected chi connectivity index (χ3v) is 3.36. The van der Waals surface area contributed by atoms with Crippen LogP contribution >= 0.6 is 0 Å². The Morgan fingerprint density at radius 1 is 1.32 bits per heavy atom.